The van der Waals surface area contributed by atoms with Gasteiger partial charge in [-0.1, -0.05) is 51.1 Å². The largest absolute Gasteiger partial charge is 0.507 e. The second kappa shape index (κ2) is 6.35. The number of fused-ring (bicyclic) bond motifs is 1. The smallest absolute Gasteiger partial charge is 0.274 e. The number of aromatic hydroxyl groups is 1. The quantitative estimate of drug-likeness (QED) is 0.504. The summed E-state index contributed by atoms with van der Waals surface area (Å²) in [5.74, 6) is 0.251. The lowest BCUT2D eigenvalue weighted by molar-refractivity contribution is 0.475. The number of nitrogens with one attached hydrogen (secondary N) is 2. The number of hydrazone groups is 1. The fourth-order valence-corrected chi connectivity index (χ4v) is 2.46. The molecule has 0 saturated carbocycles. The molecule has 0 amide bonds. The summed E-state index contributed by atoms with van der Waals surface area (Å²) in [6.45, 7) is 5.67. The zero-order chi connectivity index (χ0) is 18.0. The van der Waals surface area contributed by atoms with E-state index in [1.54, 1.807) is 6.07 Å². The minimum Gasteiger partial charge on any atom is -0.507 e. The highest BCUT2D eigenvalue weighted by atomic mass is 16.3. The van der Waals surface area contributed by atoms with Crippen LogP contribution in [0.2, 0.25) is 0 Å². The van der Waals surface area contributed by atoms with Crippen LogP contribution in [0.5, 0.6) is 5.75 Å². The number of rotatable bonds is 3. The zero-order valence-electron chi connectivity index (χ0n) is 14.2. The molecule has 0 atom stereocenters. The van der Waals surface area contributed by atoms with Crippen LogP contribution in [0.3, 0.4) is 0 Å². The van der Waals surface area contributed by atoms with Crippen LogP contribution in [0.15, 0.2) is 46.3 Å². The summed E-state index contributed by atoms with van der Waals surface area (Å²) in [7, 11) is 0. The van der Waals surface area contributed by atoms with Crippen LogP contribution in [0.1, 0.15) is 32.0 Å². The number of anilines is 1. The van der Waals surface area contributed by atoms with E-state index >= 15 is 0 Å². The maximum atomic E-state index is 12.1. The van der Waals surface area contributed by atoms with Gasteiger partial charge in [-0.25, -0.2) is 5.43 Å². The van der Waals surface area contributed by atoms with Crippen molar-refractivity contribution in [1.82, 2.24) is 15.2 Å². The van der Waals surface area contributed by atoms with Crippen LogP contribution in [0.4, 0.5) is 5.95 Å². The van der Waals surface area contributed by atoms with E-state index in [4.69, 9.17) is 0 Å². The molecule has 0 saturated heterocycles. The minimum absolute atomic E-state index is 0.118. The molecule has 1 heterocycles. The molecule has 7 nitrogen and oxygen atoms in total. The molecular formula is C18H19N5O2. The number of aromatic amines is 1. The van der Waals surface area contributed by atoms with Crippen molar-refractivity contribution in [1.29, 1.82) is 0 Å². The summed E-state index contributed by atoms with van der Waals surface area (Å²) < 4.78 is 0. The van der Waals surface area contributed by atoms with Crippen molar-refractivity contribution in [2.75, 3.05) is 5.43 Å². The molecule has 3 aromatic rings. The van der Waals surface area contributed by atoms with Gasteiger partial charge in [0.1, 0.15) is 11.4 Å². The van der Waals surface area contributed by atoms with Gasteiger partial charge in [-0.05, 0) is 16.8 Å². The molecule has 3 rings (SSSR count). The van der Waals surface area contributed by atoms with E-state index in [2.05, 4.69) is 25.7 Å². The molecule has 0 unspecified atom stereocenters. The lowest BCUT2D eigenvalue weighted by Gasteiger charge is -2.15. The van der Waals surface area contributed by atoms with E-state index in [1.807, 2.05) is 51.1 Å². The maximum Gasteiger partial charge on any atom is 0.274 e. The summed E-state index contributed by atoms with van der Waals surface area (Å²) in [6.07, 6.45) is 1.48. The van der Waals surface area contributed by atoms with Crippen LogP contribution < -0.4 is 11.0 Å². The molecule has 25 heavy (non-hydrogen) atoms. The van der Waals surface area contributed by atoms with Crippen LogP contribution >= 0.6 is 0 Å². The number of phenolic OH excluding ortho intramolecular Hbond substituents is 1. The first kappa shape index (κ1) is 16.6. The second-order valence-electron chi connectivity index (χ2n) is 6.69. The standard InChI is InChI=1S/C18H19N5O2/c1-18(2,3)15-16(25)20-17(23-21-15)22-19-10-13-12-7-5-4-6-11(12)8-9-14(13)24/h4-10,24H,1-3H3,(H2,20,22,23,25)/b19-10+. The van der Waals surface area contributed by atoms with E-state index < -0.39 is 5.41 Å². The topological polar surface area (TPSA) is 103 Å². The number of H-pyrrole nitrogens is 1. The minimum atomic E-state index is -0.392. The van der Waals surface area contributed by atoms with Gasteiger partial charge >= 0.3 is 0 Å². The molecule has 0 radical (unpaired) electrons. The third kappa shape index (κ3) is 3.50. The van der Waals surface area contributed by atoms with Crippen molar-refractivity contribution >= 4 is 22.9 Å². The number of benzene rings is 2. The normalized spacial score (nSPS) is 12.0. The first-order chi connectivity index (χ1) is 11.9. The summed E-state index contributed by atoms with van der Waals surface area (Å²) in [5.41, 5.74) is 2.86. The Kier molecular flexibility index (Phi) is 4.22. The van der Waals surface area contributed by atoms with Crippen molar-refractivity contribution in [2.24, 2.45) is 5.10 Å². The molecule has 1 aromatic heterocycles. The molecule has 0 fully saturated rings. The van der Waals surface area contributed by atoms with Crippen LogP contribution in [0, 0.1) is 0 Å². The van der Waals surface area contributed by atoms with Gasteiger partial charge in [0, 0.05) is 11.0 Å². The van der Waals surface area contributed by atoms with E-state index in [0.29, 0.717) is 11.3 Å². The molecular weight excluding hydrogens is 318 g/mol. The molecule has 3 N–H and O–H groups in total. The van der Waals surface area contributed by atoms with E-state index in [1.165, 1.54) is 6.21 Å². The number of phenols is 1. The van der Waals surface area contributed by atoms with Crippen LogP contribution in [-0.2, 0) is 5.41 Å². The van der Waals surface area contributed by atoms with Gasteiger partial charge in [0.05, 0.1) is 6.21 Å². The summed E-state index contributed by atoms with van der Waals surface area (Å²) in [4.78, 5) is 14.7. The summed E-state index contributed by atoms with van der Waals surface area (Å²) >= 11 is 0. The fourth-order valence-electron chi connectivity index (χ4n) is 2.46. The Balaban J connectivity index is 1.86. The molecule has 7 heteroatoms. The van der Waals surface area contributed by atoms with Gasteiger partial charge in [-0.3, -0.25) is 9.78 Å². The third-order valence-electron chi connectivity index (χ3n) is 3.72. The van der Waals surface area contributed by atoms with Crippen LogP contribution in [-0.4, -0.2) is 26.5 Å². The Morgan fingerprint density at radius 2 is 1.92 bits per heavy atom. The van der Waals surface area contributed by atoms with Crippen molar-refractivity contribution in [2.45, 2.75) is 26.2 Å². The lowest BCUT2D eigenvalue weighted by atomic mass is 9.93. The molecule has 0 aliphatic heterocycles. The van der Waals surface area contributed by atoms with Crippen molar-refractivity contribution in [3.05, 3.63) is 58.0 Å². The Morgan fingerprint density at radius 3 is 2.64 bits per heavy atom. The van der Waals surface area contributed by atoms with Crippen molar-refractivity contribution in [3.8, 4) is 5.75 Å². The maximum absolute atomic E-state index is 12.1. The fraction of sp³-hybridized carbons (Fsp3) is 0.222. The molecule has 0 aliphatic rings. The lowest BCUT2D eigenvalue weighted by Crippen LogP contribution is -2.28. The highest BCUT2D eigenvalue weighted by Gasteiger charge is 2.20. The monoisotopic (exact) mass is 337 g/mol. The van der Waals surface area contributed by atoms with E-state index in [9.17, 15) is 9.90 Å². The Hall–Kier alpha value is -3.22. The zero-order valence-corrected chi connectivity index (χ0v) is 14.2. The van der Waals surface area contributed by atoms with Gasteiger partial charge in [0.2, 0.25) is 5.95 Å². The Morgan fingerprint density at radius 1 is 1.16 bits per heavy atom. The Bertz CT molecular complexity index is 1000. The van der Waals surface area contributed by atoms with Gasteiger partial charge in [-0.2, -0.15) is 5.10 Å². The van der Waals surface area contributed by atoms with Crippen molar-refractivity contribution < 1.29 is 5.11 Å². The number of nitrogens with zero attached hydrogens (tertiary/aromatic N) is 3. The van der Waals surface area contributed by atoms with Crippen molar-refractivity contribution in [3.63, 3.8) is 0 Å². The highest BCUT2D eigenvalue weighted by molar-refractivity contribution is 6.02. The first-order valence-electron chi connectivity index (χ1n) is 7.83. The summed E-state index contributed by atoms with van der Waals surface area (Å²) in [5, 5.41) is 23.9. The number of hydrogen-bond acceptors (Lipinski definition) is 6. The molecule has 2 aromatic carbocycles. The Labute approximate surface area is 144 Å². The van der Waals surface area contributed by atoms with Gasteiger partial charge in [0.25, 0.3) is 5.56 Å². The van der Waals surface area contributed by atoms with E-state index in [-0.39, 0.29) is 17.3 Å². The molecule has 0 spiro atoms. The van der Waals surface area contributed by atoms with Gasteiger partial charge in [0.15, 0.2) is 0 Å². The van der Waals surface area contributed by atoms with Gasteiger partial charge < -0.3 is 5.11 Å². The highest BCUT2D eigenvalue weighted by Crippen LogP contribution is 2.25. The average Bonchev–Trinajstić information content (AvgIpc) is 2.56. The predicted molar refractivity (Wildman–Crippen MR) is 98.2 cm³/mol. The van der Waals surface area contributed by atoms with Gasteiger partial charge in [-0.15, -0.1) is 10.2 Å². The summed E-state index contributed by atoms with van der Waals surface area (Å²) in [6, 6.07) is 11.1. The molecule has 0 bridgehead atoms. The van der Waals surface area contributed by atoms with E-state index in [0.717, 1.165) is 10.8 Å². The molecule has 0 aliphatic carbocycles. The third-order valence-corrected chi connectivity index (χ3v) is 3.72. The number of hydrogen-bond donors (Lipinski definition) is 3. The van der Waals surface area contributed by atoms with Crippen LogP contribution in [0.25, 0.3) is 10.8 Å². The average molecular weight is 337 g/mol. The second-order valence-corrected chi connectivity index (χ2v) is 6.69. The first-order valence-corrected chi connectivity index (χ1v) is 7.83. The number of aromatic nitrogens is 3. The predicted octanol–water partition coefficient (Wildman–Crippen LogP) is 2.77. The SMILES string of the molecule is CC(C)(C)c1nnc(N/N=C/c2c(O)ccc3ccccc23)[nH]c1=O. The molecule has 128 valence electrons.